The molecule has 1 saturated carbocycles. The van der Waals surface area contributed by atoms with Crippen LogP contribution < -0.4 is 5.32 Å². The number of halogens is 3. The van der Waals surface area contributed by atoms with Gasteiger partial charge in [0.1, 0.15) is 5.69 Å². The molecule has 0 spiro atoms. The molecular formula is C17H17ClF2N2. The molecule has 0 bridgehead atoms. The number of anilines is 1. The van der Waals surface area contributed by atoms with Crippen molar-refractivity contribution in [3.8, 4) is 0 Å². The Labute approximate surface area is 133 Å². The van der Waals surface area contributed by atoms with Gasteiger partial charge in [-0.25, -0.2) is 8.78 Å². The molecule has 0 aliphatic heterocycles. The molecule has 1 aromatic heterocycles. The molecule has 5 heteroatoms. The summed E-state index contributed by atoms with van der Waals surface area (Å²) in [6, 6.07) is 11.0. The zero-order valence-corrected chi connectivity index (χ0v) is 12.7. The maximum absolute atomic E-state index is 12.7. The highest BCUT2D eigenvalue weighted by Crippen LogP contribution is 2.42. The van der Waals surface area contributed by atoms with Gasteiger partial charge in [0.2, 0.25) is 0 Å². The third kappa shape index (κ3) is 3.74. The van der Waals surface area contributed by atoms with Crippen LogP contribution in [0.4, 0.5) is 14.5 Å². The van der Waals surface area contributed by atoms with E-state index in [1.165, 1.54) is 30.7 Å². The molecule has 0 amide bonds. The Morgan fingerprint density at radius 2 is 1.91 bits per heavy atom. The summed E-state index contributed by atoms with van der Waals surface area (Å²) in [4.78, 5) is 3.68. The van der Waals surface area contributed by atoms with Crippen LogP contribution in [-0.4, -0.2) is 11.5 Å². The molecule has 3 rings (SSSR count). The van der Waals surface area contributed by atoms with Crippen LogP contribution in [0, 0.1) is 5.92 Å². The normalized spacial score (nSPS) is 15.8. The van der Waals surface area contributed by atoms with Crippen molar-refractivity contribution in [3.05, 3.63) is 58.9 Å². The van der Waals surface area contributed by atoms with Crippen LogP contribution in [0.2, 0.25) is 5.02 Å². The second kappa shape index (κ2) is 6.61. The number of hydrogen-bond acceptors (Lipinski definition) is 2. The van der Waals surface area contributed by atoms with Crippen molar-refractivity contribution in [1.82, 2.24) is 4.98 Å². The van der Waals surface area contributed by atoms with E-state index in [0.29, 0.717) is 17.5 Å². The molecule has 22 heavy (non-hydrogen) atoms. The molecule has 1 heterocycles. The average molecular weight is 323 g/mol. The van der Waals surface area contributed by atoms with E-state index in [2.05, 4.69) is 10.3 Å². The van der Waals surface area contributed by atoms with Crippen LogP contribution in [0.5, 0.6) is 0 Å². The third-order valence-electron chi connectivity index (χ3n) is 4.02. The minimum absolute atomic E-state index is 0.195. The lowest BCUT2D eigenvalue weighted by Gasteiger charge is -2.18. The SMILES string of the molecule is FC(F)c1cc(NCC(c2ccc(Cl)cc2)C2CC2)ccn1. The van der Waals surface area contributed by atoms with Gasteiger partial charge < -0.3 is 5.32 Å². The highest BCUT2D eigenvalue weighted by Gasteiger charge is 2.32. The second-order valence-corrected chi connectivity index (χ2v) is 6.08. The first-order chi connectivity index (χ1) is 10.6. The zero-order chi connectivity index (χ0) is 15.5. The van der Waals surface area contributed by atoms with Crippen molar-refractivity contribution < 1.29 is 8.78 Å². The number of nitrogens with zero attached hydrogens (tertiary/aromatic N) is 1. The largest absolute Gasteiger partial charge is 0.384 e. The smallest absolute Gasteiger partial charge is 0.280 e. The lowest BCUT2D eigenvalue weighted by molar-refractivity contribution is 0.146. The van der Waals surface area contributed by atoms with Crippen molar-refractivity contribution in [3.63, 3.8) is 0 Å². The first-order valence-electron chi connectivity index (χ1n) is 7.37. The zero-order valence-electron chi connectivity index (χ0n) is 12.0. The quantitative estimate of drug-likeness (QED) is 0.782. The Morgan fingerprint density at radius 3 is 2.55 bits per heavy atom. The highest BCUT2D eigenvalue weighted by molar-refractivity contribution is 6.30. The molecule has 2 aromatic rings. The van der Waals surface area contributed by atoms with Crippen molar-refractivity contribution in [2.45, 2.75) is 25.2 Å². The van der Waals surface area contributed by atoms with Gasteiger partial charge in [-0.05, 0) is 48.6 Å². The first-order valence-corrected chi connectivity index (χ1v) is 7.74. The monoisotopic (exact) mass is 322 g/mol. The van der Waals surface area contributed by atoms with Crippen LogP contribution in [0.3, 0.4) is 0 Å². The lowest BCUT2D eigenvalue weighted by Crippen LogP contribution is -2.14. The van der Waals surface area contributed by atoms with Gasteiger partial charge in [0.05, 0.1) is 0 Å². The molecule has 1 aliphatic rings. The molecule has 0 saturated heterocycles. The fourth-order valence-corrected chi connectivity index (χ4v) is 2.80. The lowest BCUT2D eigenvalue weighted by atomic mass is 9.94. The average Bonchev–Trinajstić information content (AvgIpc) is 3.34. The van der Waals surface area contributed by atoms with Gasteiger partial charge in [-0.2, -0.15) is 0 Å². The summed E-state index contributed by atoms with van der Waals surface area (Å²) in [6.45, 7) is 0.721. The Morgan fingerprint density at radius 1 is 1.18 bits per heavy atom. The standard InChI is InChI=1S/C17H17ClF2N2/c18-13-5-3-12(4-6-13)15(11-1-2-11)10-22-14-7-8-21-16(9-14)17(19)20/h3-9,11,15,17H,1-2,10H2,(H,21,22). The van der Waals surface area contributed by atoms with Gasteiger partial charge in [-0.15, -0.1) is 0 Å². The van der Waals surface area contributed by atoms with Crippen LogP contribution >= 0.6 is 11.6 Å². The summed E-state index contributed by atoms with van der Waals surface area (Å²) in [6.07, 6.45) is 1.30. The van der Waals surface area contributed by atoms with Crippen LogP contribution in [-0.2, 0) is 0 Å². The maximum Gasteiger partial charge on any atom is 0.280 e. The van der Waals surface area contributed by atoms with Gasteiger partial charge in [0.25, 0.3) is 6.43 Å². The Kier molecular flexibility index (Phi) is 4.57. The first kappa shape index (κ1) is 15.2. The number of pyridine rings is 1. The van der Waals surface area contributed by atoms with E-state index in [1.807, 2.05) is 24.3 Å². The van der Waals surface area contributed by atoms with E-state index in [-0.39, 0.29) is 5.69 Å². The van der Waals surface area contributed by atoms with Gasteiger partial charge in [0, 0.05) is 29.4 Å². The van der Waals surface area contributed by atoms with Crippen molar-refractivity contribution in [1.29, 1.82) is 0 Å². The van der Waals surface area contributed by atoms with Gasteiger partial charge in [-0.3, -0.25) is 4.98 Å². The summed E-state index contributed by atoms with van der Waals surface area (Å²) in [7, 11) is 0. The maximum atomic E-state index is 12.7. The van der Waals surface area contributed by atoms with Crippen molar-refractivity contribution in [2.24, 2.45) is 5.92 Å². The number of benzene rings is 1. The van der Waals surface area contributed by atoms with Crippen LogP contribution in [0.15, 0.2) is 42.6 Å². The molecular weight excluding hydrogens is 306 g/mol. The summed E-state index contributed by atoms with van der Waals surface area (Å²) < 4.78 is 25.4. The Hall–Kier alpha value is -1.68. The molecule has 1 aromatic carbocycles. The van der Waals surface area contributed by atoms with E-state index >= 15 is 0 Å². The molecule has 1 fully saturated rings. The minimum atomic E-state index is -2.54. The van der Waals surface area contributed by atoms with Crippen molar-refractivity contribution in [2.75, 3.05) is 11.9 Å². The number of aromatic nitrogens is 1. The van der Waals surface area contributed by atoms with Gasteiger partial charge >= 0.3 is 0 Å². The fraction of sp³-hybridized carbons (Fsp3) is 0.353. The van der Waals surface area contributed by atoms with E-state index in [0.717, 1.165) is 11.6 Å². The van der Waals surface area contributed by atoms with Crippen LogP contribution in [0.1, 0.15) is 36.4 Å². The van der Waals surface area contributed by atoms with Crippen LogP contribution in [0.25, 0.3) is 0 Å². The number of rotatable bonds is 6. The molecule has 1 atom stereocenters. The van der Waals surface area contributed by atoms with E-state index in [9.17, 15) is 8.78 Å². The summed E-state index contributed by atoms with van der Waals surface area (Å²) in [5, 5.41) is 3.99. The Bertz CT molecular complexity index is 627. The fourth-order valence-electron chi connectivity index (χ4n) is 2.67. The second-order valence-electron chi connectivity index (χ2n) is 5.65. The number of hydrogen-bond donors (Lipinski definition) is 1. The molecule has 1 aliphatic carbocycles. The van der Waals surface area contributed by atoms with Gasteiger partial charge in [-0.1, -0.05) is 23.7 Å². The predicted molar refractivity (Wildman–Crippen MR) is 84.6 cm³/mol. The minimum Gasteiger partial charge on any atom is -0.384 e. The topological polar surface area (TPSA) is 24.9 Å². The molecule has 2 nitrogen and oxygen atoms in total. The van der Waals surface area contributed by atoms with E-state index < -0.39 is 6.43 Å². The molecule has 1 unspecified atom stereocenters. The van der Waals surface area contributed by atoms with Gasteiger partial charge in [0.15, 0.2) is 0 Å². The number of nitrogens with one attached hydrogen (secondary N) is 1. The molecule has 0 radical (unpaired) electrons. The highest BCUT2D eigenvalue weighted by atomic mass is 35.5. The third-order valence-corrected chi connectivity index (χ3v) is 4.27. The summed E-state index contributed by atoms with van der Waals surface area (Å²) in [5.41, 5.74) is 1.73. The molecule has 116 valence electrons. The predicted octanol–water partition coefficient (Wildman–Crippen LogP) is 5.28. The molecule has 1 N–H and O–H groups in total. The van der Waals surface area contributed by atoms with E-state index in [1.54, 1.807) is 6.07 Å². The summed E-state index contributed by atoms with van der Waals surface area (Å²) in [5.74, 6) is 1.03. The Balaban J connectivity index is 1.70. The number of alkyl halides is 2. The van der Waals surface area contributed by atoms with E-state index in [4.69, 9.17) is 11.6 Å². The summed E-state index contributed by atoms with van der Waals surface area (Å²) >= 11 is 5.94. The van der Waals surface area contributed by atoms with Crippen molar-refractivity contribution >= 4 is 17.3 Å².